The van der Waals surface area contributed by atoms with E-state index in [0.717, 1.165) is 10.7 Å². The zero-order chi connectivity index (χ0) is 20.9. The quantitative estimate of drug-likeness (QED) is 0.473. The zero-order valence-corrected chi connectivity index (χ0v) is 15.6. The first-order chi connectivity index (χ1) is 14.4. The molecule has 0 bridgehead atoms. The number of aromatic amines is 1. The number of hydrogen-bond donors (Lipinski definition) is 2. The van der Waals surface area contributed by atoms with Gasteiger partial charge in [-0.05, 0) is 25.0 Å². The summed E-state index contributed by atoms with van der Waals surface area (Å²) < 4.78 is 54.1. The lowest BCUT2D eigenvalue weighted by molar-refractivity contribution is -0.0361. The Morgan fingerprint density at radius 3 is 2.70 bits per heavy atom. The predicted octanol–water partition coefficient (Wildman–Crippen LogP) is 4.60. The third kappa shape index (κ3) is 3.33. The average Bonchev–Trinajstić information content (AvgIpc) is 3.33. The largest absolute Gasteiger partial charge is 0.351 e. The number of rotatable bonds is 4. The molecular formula is C19H17F4N7. The molecule has 0 saturated heterocycles. The predicted molar refractivity (Wildman–Crippen MR) is 102 cm³/mol. The number of alkyl halides is 4. The van der Waals surface area contributed by atoms with Crippen LogP contribution in [0, 0.1) is 0 Å². The van der Waals surface area contributed by atoms with Gasteiger partial charge in [0.05, 0.1) is 11.9 Å². The maximum absolute atomic E-state index is 13.3. The molecule has 30 heavy (non-hydrogen) atoms. The minimum absolute atomic E-state index is 0.102. The number of halogens is 4. The monoisotopic (exact) mass is 419 g/mol. The Hall–Kier alpha value is -3.24. The summed E-state index contributed by atoms with van der Waals surface area (Å²) >= 11 is 0. The summed E-state index contributed by atoms with van der Waals surface area (Å²) in [4.78, 5) is 15.7. The van der Waals surface area contributed by atoms with Crippen molar-refractivity contribution in [3.05, 3.63) is 36.4 Å². The number of H-pyrrole nitrogens is 1. The molecule has 1 aliphatic rings. The Balaban J connectivity index is 1.43. The molecule has 156 valence electrons. The number of aromatic nitrogens is 6. The van der Waals surface area contributed by atoms with Crippen LogP contribution in [0.25, 0.3) is 27.9 Å². The highest BCUT2D eigenvalue weighted by Crippen LogP contribution is 2.34. The first kappa shape index (κ1) is 18.8. The maximum atomic E-state index is 13.3. The Morgan fingerprint density at radius 1 is 1.13 bits per heavy atom. The number of nitrogens with one attached hydrogen (secondary N) is 2. The molecule has 2 N–H and O–H groups in total. The number of hydrogen-bond acceptors (Lipinski definition) is 5. The van der Waals surface area contributed by atoms with Gasteiger partial charge in [-0.1, -0.05) is 0 Å². The van der Waals surface area contributed by atoms with Crippen LogP contribution in [0.1, 0.15) is 37.8 Å². The summed E-state index contributed by atoms with van der Waals surface area (Å²) in [7, 11) is 0. The normalized spacial score (nSPS) is 17.2. The molecule has 4 aromatic heterocycles. The summed E-state index contributed by atoms with van der Waals surface area (Å²) in [5.74, 6) is -2.24. The molecule has 7 nitrogen and oxygen atoms in total. The van der Waals surface area contributed by atoms with Crippen LogP contribution in [0.15, 0.2) is 30.7 Å². The Labute approximate surface area is 167 Å². The van der Waals surface area contributed by atoms with E-state index in [9.17, 15) is 17.6 Å². The van der Waals surface area contributed by atoms with Gasteiger partial charge >= 0.3 is 0 Å². The van der Waals surface area contributed by atoms with Crippen molar-refractivity contribution in [3.63, 3.8) is 0 Å². The molecule has 0 aliphatic heterocycles. The summed E-state index contributed by atoms with van der Waals surface area (Å²) in [5, 5.41) is 8.07. The van der Waals surface area contributed by atoms with Crippen LogP contribution in [0.4, 0.5) is 23.5 Å². The highest BCUT2D eigenvalue weighted by molar-refractivity contribution is 5.92. The molecule has 0 unspecified atom stereocenters. The first-order valence-electron chi connectivity index (χ1n) is 9.51. The van der Waals surface area contributed by atoms with Crippen molar-refractivity contribution in [1.29, 1.82) is 0 Å². The number of imidazole rings is 1. The van der Waals surface area contributed by atoms with Crippen molar-refractivity contribution < 1.29 is 17.6 Å². The minimum Gasteiger partial charge on any atom is -0.351 e. The molecule has 1 saturated carbocycles. The number of fused-ring (bicyclic) bond motifs is 2. The molecule has 1 aliphatic carbocycles. The lowest BCUT2D eigenvalue weighted by Gasteiger charge is -2.28. The smallest absolute Gasteiger partial charge is 0.282 e. The fourth-order valence-electron chi connectivity index (χ4n) is 3.74. The van der Waals surface area contributed by atoms with E-state index in [2.05, 4.69) is 30.4 Å². The average molecular weight is 419 g/mol. The van der Waals surface area contributed by atoms with Crippen molar-refractivity contribution in [3.8, 4) is 11.3 Å². The molecule has 0 aromatic carbocycles. The van der Waals surface area contributed by atoms with Gasteiger partial charge in [0.25, 0.3) is 6.43 Å². The number of nitrogens with zero attached hydrogens (tertiary/aromatic N) is 5. The van der Waals surface area contributed by atoms with Crippen LogP contribution < -0.4 is 5.32 Å². The van der Waals surface area contributed by atoms with E-state index in [1.54, 1.807) is 24.5 Å². The van der Waals surface area contributed by atoms with Gasteiger partial charge < -0.3 is 10.3 Å². The van der Waals surface area contributed by atoms with Crippen LogP contribution in [-0.4, -0.2) is 41.5 Å². The second-order valence-electron chi connectivity index (χ2n) is 7.41. The van der Waals surface area contributed by atoms with E-state index in [0.29, 0.717) is 46.7 Å². The fourth-order valence-corrected chi connectivity index (χ4v) is 3.74. The van der Waals surface area contributed by atoms with E-state index in [1.165, 1.54) is 0 Å². The standard InChI is InChI=1S/C19H17F4N7/c20-16(21)14-9-24-15-2-1-13(29-30(14)15)11-7-25-17-12(11)8-26-18(28-17)27-10-3-5-19(22,23)6-4-10/h1-2,7-10,16H,3-6H2,(H2,25,26,27,28). The third-order valence-corrected chi connectivity index (χ3v) is 5.37. The zero-order valence-electron chi connectivity index (χ0n) is 15.6. The molecule has 0 radical (unpaired) electrons. The highest BCUT2D eigenvalue weighted by atomic mass is 19.3. The van der Waals surface area contributed by atoms with Crippen LogP contribution in [-0.2, 0) is 0 Å². The molecule has 0 amide bonds. The molecule has 4 heterocycles. The summed E-state index contributed by atoms with van der Waals surface area (Å²) in [5.41, 5.74) is 1.70. The van der Waals surface area contributed by atoms with Crippen LogP contribution in [0.2, 0.25) is 0 Å². The maximum Gasteiger partial charge on any atom is 0.282 e. The van der Waals surface area contributed by atoms with Gasteiger partial charge in [0, 0.05) is 42.2 Å². The van der Waals surface area contributed by atoms with Crippen molar-refractivity contribution in [2.24, 2.45) is 0 Å². The molecule has 0 spiro atoms. The van der Waals surface area contributed by atoms with Crippen molar-refractivity contribution in [2.75, 3.05) is 5.32 Å². The van der Waals surface area contributed by atoms with E-state index >= 15 is 0 Å². The molecule has 4 aromatic rings. The summed E-state index contributed by atoms with van der Waals surface area (Å²) in [6, 6.07) is 3.20. The van der Waals surface area contributed by atoms with Gasteiger partial charge in [0.2, 0.25) is 11.9 Å². The molecule has 1 fully saturated rings. The van der Waals surface area contributed by atoms with Crippen LogP contribution in [0.5, 0.6) is 0 Å². The Kier molecular flexibility index (Phi) is 4.33. The lowest BCUT2D eigenvalue weighted by atomic mass is 9.92. The van der Waals surface area contributed by atoms with Gasteiger partial charge in [-0.25, -0.2) is 32.0 Å². The Morgan fingerprint density at radius 2 is 1.93 bits per heavy atom. The van der Waals surface area contributed by atoms with Crippen molar-refractivity contribution in [1.82, 2.24) is 29.5 Å². The molecular weight excluding hydrogens is 402 g/mol. The van der Waals surface area contributed by atoms with E-state index in [-0.39, 0.29) is 24.6 Å². The van der Waals surface area contributed by atoms with Crippen LogP contribution in [0.3, 0.4) is 0 Å². The van der Waals surface area contributed by atoms with Crippen molar-refractivity contribution >= 4 is 22.6 Å². The van der Waals surface area contributed by atoms with E-state index < -0.39 is 12.3 Å². The second kappa shape index (κ2) is 6.92. The van der Waals surface area contributed by atoms with Crippen molar-refractivity contribution in [2.45, 2.75) is 44.1 Å². The number of anilines is 1. The molecule has 0 atom stereocenters. The topological polar surface area (TPSA) is 83.8 Å². The third-order valence-electron chi connectivity index (χ3n) is 5.37. The van der Waals surface area contributed by atoms with Gasteiger partial charge in [-0.15, -0.1) is 0 Å². The SMILES string of the molecule is FC(F)c1cnc2ccc(-c3c[nH]c4nc(NC5CCC(F)(F)CC5)ncc34)nn12. The van der Waals surface area contributed by atoms with Crippen LogP contribution >= 0.6 is 0 Å². The lowest BCUT2D eigenvalue weighted by Crippen LogP contribution is -2.32. The summed E-state index contributed by atoms with van der Waals surface area (Å²) in [6.07, 6.45) is 2.10. The van der Waals surface area contributed by atoms with E-state index in [1.807, 2.05) is 0 Å². The Bertz CT molecular complexity index is 1210. The summed E-state index contributed by atoms with van der Waals surface area (Å²) in [6.45, 7) is 0. The van der Waals surface area contributed by atoms with Gasteiger partial charge in [0.15, 0.2) is 5.65 Å². The minimum atomic E-state index is -2.69. The highest BCUT2D eigenvalue weighted by Gasteiger charge is 2.35. The molecule has 11 heteroatoms. The van der Waals surface area contributed by atoms with Gasteiger partial charge in [0.1, 0.15) is 11.3 Å². The molecule has 5 rings (SSSR count). The first-order valence-corrected chi connectivity index (χ1v) is 9.51. The van der Waals surface area contributed by atoms with E-state index in [4.69, 9.17) is 0 Å². The van der Waals surface area contributed by atoms with Gasteiger partial charge in [-0.2, -0.15) is 10.1 Å². The van der Waals surface area contributed by atoms with Gasteiger partial charge in [-0.3, -0.25) is 0 Å². The second-order valence-corrected chi connectivity index (χ2v) is 7.41. The fraction of sp³-hybridized carbons (Fsp3) is 0.368.